The minimum absolute atomic E-state index is 0.144. The Bertz CT molecular complexity index is 366. The van der Waals surface area contributed by atoms with Crippen molar-refractivity contribution in [3.63, 3.8) is 0 Å². The van der Waals surface area contributed by atoms with E-state index in [-0.39, 0.29) is 12.0 Å². The van der Waals surface area contributed by atoms with Gasteiger partial charge in [0.2, 0.25) is 0 Å². The van der Waals surface area contributed by atoms with Crippen molar-refractivity contribution < 1.29 is 5.11 Å². The molecule has 0 atom stereocenters. The smallest absolute Gasteiger partial charge is 0.134 e. The number of aromatic nitrogens is 2. The minimum Gasteiger partial charge on any atom is -0.396 e. The number of rotatable bonds is 6. The number of nitrogens with zero attached hydrogens (tertiary/aromatic N) is 2. The number of hydrogen-bond donors (Lipinski definition) is 3. The third-order valence-electron chi connectivity index (χ3n) is 2.70. The van der Waals surface area contributed by atoms with Crippen LogP contribution in [0.1, 0.15) is 26.3 Å². The van der Waals surface area contributed by atoms with Gasteiger partial charge in [0.1, 0.15) is 18.0 Å². The summed E-state index contributed by atoms with van der Waals surface area (Å²) in [6, 6.07) is 0. The molecule has 1 aromatic heterocycles. The van der Waals surface area contributed by atoms with Gasteiger partial charge in [0, 0.05) is 31.2 Å². The minimum atomic E-state index is -0.157. The summed E-state index contributed by atoms with van der Waals surface area (Å²) in [5, 5.41) is 15.6. The molecule has 0 spiro atoms. The van der Waals surface area contributed by atoms with Crippen LogP contribution < -0.4 is 10.6 Å². The van der Waals surface area contributed by atoms with Crippen molar-refractivity contribution in [3.8, 4) is 0 Å². The number of aliphatic hydroxyl groups excluding tert-OH is 1. The van der Waals surface area contributed by atoms with Crippen molar-refractivity contribution in [3.05, 3.63) is 11.9 Å². The van der Waals surface area contributed by atoms with Crippen LogP contribution >= 0.6 is 0 Å². The Kier molecular flexibility index (Phi) is 4.69. The van der Waals surface area contributed by atoms with Gasteiger partial charge in [-0.05, 0) is 6.42 Å². The van der Waals surface area contributed by atoms with Crippen LogP contribution in [0.4, 0.5) is 11.6 Å². The highest BCUT2D eigenvalue weighted by Crippen LogP contribution is 2.22. The first-order valence-corrected chi connectivity index (χ1v) is 5.90. The second kappa shape index (κ2) is 5.82. The molecule has 0 unspecified atom stereocenters. The molecule has 3 N–H and O–H groups in total. The van der Waals surface area contributed by atoms with E-state index in [1.165, 1.54) is 0 Å². The van der Waals surface area contributed by atoms with E-state index in [4.69, 9.17) is 0 Å². The fourth-order valence-corrected chi connectivity index (χ4v) is 1.49. The molecular weight excluding hydrogens is 216 g/mol. The fourth-order valence-electron chi connectivity index (χ4n) is 1.49. The van der Waals surface area contributed by atoms with E-state index in [0.717, 1.165) is 23.6 Å². The molecule has 17 heavy (non-hydrogen) atoms. The number of aliphatic hydroxyl groups is 1. The summed E-state index contributed by atoms with van der Waals surface area (Å²) in [5.74, 6) is 1.69. The summed E-state index contributed by atoms with van der Waals surface area (Å²) in [5.41, 5.74) is 0.916. The first kappa shape index (κ1) is 13.7. The van der Waals surface area contributed by atoms with Gasteiger partial charge in [-0.3, -0.25) is 0 Å². The predicted molar refractivity (Wildman–Crippen MR) is 70.3 cm³/mol. The zero-order valence-electron chi connectivity index (χ0n) is 11.0. The van der Waals surface area contributed by atoms with E-state index in [0.29, 0.717) is 6.54 Å². The Morgan fingerprint density at radius 1 is 1.29 bits per heavy atom. The maximum atomic E-state index is 9.21. The van der Waals surface area contributed by atoms with Crippen LogP contribution in [0, 0.1) is 5.41 Å². The zero-order chi connectivity index (χ0) is 12.9. The Morgan fingerprint density at radius 3 is 2.47 bits per heavy atom. The highest BCUT2D eigenvalue weighted by Gasteiger charge is 2.17. The SMILES string of the molecule is CCc1c(NC)ncnc1NCC(C)(C)CO. The molecule has 0 aliphatic rings. The lowest BCUT2D eigenvalue weighted by Gasteiger charge is -2.23. The predicted octanol–water partition coefficient (Wildman–Crippen LogP) is 1.51. The Labute approximate surface area is 103 Å². The molecule has 1 heterocycles. The second-order valence-corrected chi connectivity index (χ2v) is 4.83. The molecule has 0 saturated heterocycles. The molecule has 1 rings (SSSR count). The van der Waals surface area contributed by atoms with Crippen LogP contribution in [0.15, 0.2) is 6.33 Å². The molecule has 0 radical (unpaired) electrons. The Balaban J connectivity index is 2.84. The van der Waals surface area contributed by atoms with Gasteiger partial charge in [0.05, 0.1) is 0 Å². The van der Waals surface area contributed by atoms with E-state index < -0.39 is 0 Å². The van der Waals surface area contributed by atoms with Crippen molar-refractivity contribution in [2.24, 2.45) is 5.41 Å². The third kappa shape index (κ3) is 3.56. The van der Waals surface area contributed by atoms with E-state index in [9.17, 15) is 5.11 Å². The Morgan fingerprint density at radius 2 is 1.94 bits per heavy atom. The first-order chi connectivity index (χ1) is 8.04. The molecule has 0 aliphatic heterocycles. The maximum absolute atomic E-state index is 9.21. The van der Waals surface area contributed by atoms with Crippen LogP contribution in [-0.2, 0) is 6.42 Å². The standard InChI is InChI=1S/C12H22N4O/c1-5-9-10(13-4)15-8-16-11(9)14-6-12(2,3)7-17/h8,17H,5-7H2,1-4H3,(H2,13,14,15,16). The van der Waals surface area contributed by atoms with Crippen molar-refractivity contribution in [2.75, 3.05) is 30.8 Å². The topological polar surface area (TPSA) is 70.1 Å². The zero-order valence-corrected chi connectivity index (χ0v) is 11.0. The van der Waals surface area contributed by atoms with Crippen LogP contribution in [-0.4, -0.2) is 35.3 Å². The van der Waals surface area contributed by atoms with Gasteiger partial charge >= 0.3 is 0 Å². The summed E-state index contributed by atoms with van der Waals surface area (Å²) in [6.45, 7) is 6.90. The molecule has 0 aliphatic carbocycles. The summed E-state index contributed by atoms with van der Waals surface area (Å²) >= 11 is 0. The second-order valence-electron chi connectivity index (χ2n) is 4.83. The van der Waals surface area contributed by atoms with Crippen molar-refractivity contribution >= 4 is 11.6 Å². The van der Waals surface area contributed by atoms with E-state index in [2.05, 4.69) is 27.5 Å². The molecule has 0 amide bonds. The lowest BCUT2D eigenvalue weighted by molar-refractivity contribution is 0.170. The number of nitrogens with one attached hydrogen (secondary N) is 2. The first-order valence-electron chi connectivity index (χ1n) is 5.90. The van der Waals surface area contributed by atoms with Crippen molar-refractivity contribution in [1.82, 2.24) is 9.97 Å². The van der Waals surface area contributed by atoms with Gasteiger partial charge in [-0.25, -0.2) is 9.97 Å². The van der Waals surface area contributed by atoms with Crippen molar-refractivity contribution in [2.45, 2.75) is 27.2 Å². The largest absolute Gasteiger partial charge is 0.396 e. The van der Waals surface area contributed by atoms with Crippen LogP contribution in [0.5, 0.6) is 0 Å². The number of anilines is 2. The summed E-state index contributed by atoms with van der Waals surface area (Å²) < 4.78 is 0. The molecule has 5 nitrogen and oxygen atoms in total. The lowest BCUT2D eigenvalue weighted by Crippen LogP contribution is -2.27. The average molecular weight is 238 g/mol. The van der Waals surface area contributed by atoms with Crippen LogP contribution in [0.3, 0.4) is 0 Å². The highest BCUT2D eigenvalue weighted by atomic mass is 16.3. The van der Waals surface area contributed by atoms with Gasteiger partial charge in [0.25, 0.3) is 0 Å². The fraction of sp³-hybridized carbons (Fsp3) is 0.667. The van der Waals surface area contributed by atoms with Gasteiger partial charge in [-0.2, -0.15) is 0 Å². The maximum Gasteiger partial charge on any atom is 0.134 e. The lowest BCUT2D eigenvalue weighted by atomic mass is 9.95. The number of hydrogen-bond acceptors (Lipinski definition) is 5. The molecule has 0 saturated carbocycles. The van der Waals surface area contributed by atoms with Gasteiger partial charge in [-0.1, -0.05) is 20.8 Å². The molecular formula is C12H22N4O. The van der Waals surface area contributed by atoms with E-state index in [1.807, 2.05) is 20.9 Å². The van der Waals surface area contributed by atoms with Gasteiger partial charge in [0.15, 0.2) is 0 Å². The normalized spacial score (nSPS) is 11.4. The van der Waals surface area contributed by atoms with Gasteiger partial charge < -0.3 is 15.7 Å². The molecule has 0 bridgehead atoms. The van der Waals surface area contributed by atoms with Crippen molar-refractivity contribution in [1.29, 1.82) is 0 Å². The summed E-state index contributed by atoms with van der Waals surface area (Å²) in [7, 11) is 1.85. The van der Waals surface area contributed by atoms with Crippen LogP contribution in [0.2, 0.25) is 0 Å². The summed E-state index contributed by atoms with van der Waals surface area (Å²) in [6.07, 6.45) is 2.40. The summed E-state index contributed by atoms with van der Waals surface area (Å²) in [4.78, 5) is 8.43. The van der Waals surface area contributed by atoms with E-state index in [1.54, 1.807) is 6.33 Å². The average Bonchev–Trinajstić information content (AvgIpc) is 2.35. The molecule has 0 fully saturated rings. The molecule has 5 heteroatoms. The highest BCUT2D eigenvalue weighted by molar-refractivity contribution is 5.57. The van der Waals surface area contributed by atoms with Crippen LogP contribution in [0.25, 0.3) is 0 Å². The third-order valence-corrected chi connectivity index (χ3v) is 2.70. The molecule has 1 aromatic rings. The molecule has 0 aromatic carbocycles. The quantitative estimate of drug-likeness (QED) is 0.701. The van der Waals surface area contributed by atoms with E-state index >= 15 is 0 Å². The Hall–Kier alpha value is -1.36. The monoisotopic (exact) mass is 238 g/mol. The molecule has 96 valence electrons. The van der Waals surface area contributed by atoms with Gasteiger partial charge in [-0.15, -0.1) is 0 Å².